The highest BCUT2D eigenvalue weighted by Crippen LogP contribution is 2.34. The number of nitrogens with zero attached hydrogens (tertiary/aromatic N) is 2. The molecule has 0 saturated carbocycles. The van der Waals surface area contributed by atoms with Gasteiger partial charge >= 0.3 is 0 Å². The Balaban J connectivity index is 2.43. The number of ketones is 1. The second-order valence-electron chi connectivity index (χ2n) is 2.84. The van der Waals surface area contributed by atoms with Crippen LogP contribution in [0.3, 0.4) is 0 Å². The first-order chi connectivity index (χ1) is 6.38. The fraction of sp³-hybridized carbons (Fsp3) is 0. The third-order valence-electron chi connectivity index (χ3n) is 2.13. The molecule has 0 saturated heterocycles. The minimum atomic E-state index is -0.000602. The Labute approximate surface area is 78.4 Å². The van der Waals surface area contributed by atoms with Gasteiger partial charge in [0.15, 0.2) is 5.69 Å². The summed E-state index contributed by atoms with van der Waals surface area (Å²) in [5.74, 6) is -0.000602. The minimum Gasteiger partial charge on any atom is -0.287 e. The molecule has 0 amide bonds. The van der Waals surface area contributed by atoms with Crippen molar-refractivity contribution in [2.24, 2.45) is 0 Å². The largest absolute Gasteiger partial charge is 0.287 e. The fourth-order valence-corrected chi connectivity index (χ4v) is 2.09. The Morgan fingerprint density at radius 3 is 2.54 bits per heavy atom. The maximum Gasteiger partial charge on any atom is 0.215 e. The Morgan fingerprint density at radius 1 is 1.00 bits per heavy atom. The first-order valence-electron chi connectivity index (χ1n) is 3.84. The van der Waals surface area contributed by atoms with E-state index in [1.807, 2.05) is 24.3 Å². The summed E-state index contributed by atoms with van der Waals surface area (Å²) in [6, 6.07) is 7.47. The molecule has 4 heteroatoms. The number of aromatic nitrogens is 2. The monoisotopic (exact) mass is 188 g/mol. The smallest absolute Gasteiger partial charge is 0.215 e. The number of hydrogen-bond donors (Lipinski definition) is 0. The zero-order valence-corrected chi connectivity index (χ0v) is 7.34. The summed E-state index contributed by atoms with van der Waals surface area (Å²) in [5, 5.41) is 0. The molecule has 3 rings (SSSR count). The van der Waals surface area contributed by atoms with E-state index in [-0.39, 0.29) is 5.78 Å². The summed E-state index contributed by atoms with van der Waals surface area (Å²) in [6.45, 7) is 0. The van der Waals surface area contributed by atoms with E-state index in [0.29, 0.717) is 5.69 Å². The average Bonchev–Trinajstić information content (AvgIpc) is 2.72. The van der Waals surface area contributed by atoms with Crippen LogP contribution in [-0.2, 0) is 0 Å². The summed E-state index contributed by atoms with van der Waals surface area (Å²) in [6.07, 6.45) is 0. The highest BCUT2D eigenvalue weighted by molar-refractivity contribution is 6.99. The minimum absolute atomic E-state index is 0.000602. The third-order valence-corrected chi connectivity index (χ3v) is 2.66. The average molecular weight is 188 g/mol. The van der Waals surface area contributed by atoms with Crippen molar-refractivity contribution in [1.29, 1.82) is 0 Å². The van der Waals surface area contributed by atoms with Gasteiger partial charge < -0.3 is 0 Å². The van der Waals surface area contributed by atoms with Crippen molar-refractivity contribution in [3.63, 3.8) is 0 Å². The maximum absolute atomic E-state index is 11.7. The molecule has 1 heterocycles. The van der Waals surface area contributed by atoms with Gasteiger partial charge in [0, 0.05) is 11.1 Å². The van der Waals surface area contributed by atoms with E-state index < -0.39 is 0 Å². The fourth-order valence-electron chi connectivity index (χ4n) is 1.53. The van der Waals surface area contributed by atoms with Gasteiger partial charge in [0.1, 0.15) is 5.69 Å². The van der Waals surface area contributed by atoms with Crippen molar-refractivity contribution in [2.75, 3.05) is 0 Å². The third kappa shape index (κ3) is 0.754. The van der Waals surface area contributed by atoms with Crippen LogP contribution in [-0.4, -0.2) is 14.5 Å². The van der Waals surface area contributed by atoms with Crippen LogP contribution in [0.25, 0.3) is 11.3 Å². The normalized spacial score (nSPS) is 12.8. The molecule has 0 fully saturated rings. The van der Waals surface area contributed by atoms with Crippen molar-refractivity contribution in [3.8, 4) is 11.3 Å². The number of rotatable bonds is 0. The predicted molar refractivity (Wildman–Crippen MR) is 48.8 cm³/mol. The molecule has 0 spiro atoms. The molecule has 0 N–H and O–H groups in total. The summed E-state index contributed by atoms with van der Waals surface area (Å²) in [4.78, 5) is 11.7. The lowest BCUT2D eigenvalue weighted by atomic mass is 10.1. The van der Waals surface area contributed by atoms with Crippen molar-refractivity contribution in [1.82, 2.24) is 8.75 Å². The Morgan fingerprint density at radius 2 is 1.69 bits per heavy atom. The molecule has 1 aromatic heterocycles. The van der Waals surface area contributed by atoms with Gasteiger partial charge in [-0.3, -0.25) is 4.79 Å². The van der Waals surface area contributed by atoms with Crippen LogP contribution in [0.4, 0.5) is 0 Å². The van der Waals surface area contributed by atoms with Crippen molar-refractivity contribution < 1.29 is 4.79 Å². The zero-order valence-electron chi connectivity index (χ0n) is 6.52. The molecular formula is C9H4N2OS. The molecule has 0 aliphatic heterocycles. The molecule has 0 unspecified atom stereocenters. The van der Waals surface area contributed by atoms with Gasteiger partial charge in [0.25, 0.3) is 0 Å². The Bertz CT molecular complexity index is 504. The molecule has 13 heavy (non-hydrogen) atoms. The van der Waals surface area contributed by atoms with Gasteiger partial charge in [-0.1, -0.05) is 24.3 Å². The lowest BCUT2D eigenvalue weighted by Gasteiger charge is -1.93. The molecular weight excluding hydrogens is 184 g/mol. The van der Waals surface area contributed by atoms with Crippen LogP contribution in [0.5, 0.6) is 0 Å². The lowest BCUT2D eigenvalue weighted by molar-refractivity contribution is 0.104. The van der Waals surface area contributed by atoms with Crippen LogP contribution < -0.4 is 0 Å². The molecule has 1 aromatic carbocycles. The topological polar surface area (TPSA) is 42.9 Å². The quantitative estimate of drug-likeness (QED) is 0.539. The van der Waals surface area contributed by atoms with Crippen LogP contribution in [0.2, 0.25) is 0 Å². The van der Waals surface area contributed by atoms with Crippen LogP contribution in [0.1, 0.15) is 16.1 Å². The number of carbonyl (C=O) groups is 1. The van der Waals surface area contributed by atoms with E-state index in [9.17, 15) is 4.79 Å². The van der Waals surface area contributed by atoms with E-state index in [2.05, 4.69) is 8.75 Å². The van der Waals surface area contributed by atoms with Crippen molar-refractivity contribution in [3.05, 3.63) is 35.5 Å². The summed E-state index contributed by atoms with van der Waals surface area (Å²) < 4.78 is 8.07. The molecule has 1 aliphatic carbocycles. The SMILES string of the molecule is O=C1c2ccccc2-c2nsnc21. The van der Waals surface area contributed by atoms with E-state index in [1.165, 1.54) is 0 Å². The Hall–Kier alpha value is -1.55. The predicted octanol–water partition coefficient (Wildman–Crippen LogP) is 1.75. The van der Waals surface area contributed by atoms with E-state index >= 15 is 0 Å². The summed E-state index contributed by atoms with van der Waals surface area (Å²) in [7, 11) is 0. The maximum atomic E-state index is 11.7. The zero-order chi connectivity index (χ0) is 8.84. The highest BCUT2D eigenvalue weighted by Gasteiger charge is 2.29. The van der Waals surface area contributed by atoms with Crippen molar-refractivity contribution >= 4 is 17.5 Å². The van der Waals surface area contributed by atoms with Crippen LogP contribution in [0.15, 0.2) is 24.3 Å². The number of carbonyl (C=O) groups excluding carboxylic acids is 1. The molecule has 0 atom stereocenters. The lowest BCUT2D eigenvalue weighted by Crippen LogP contribution is -1.94. The molecule has 0 bridgehead atoms. The van der Waals surface area contributed by atoms with Gasteiger partial charge in [-0.2, -0.15) is 8.75 Å². The summed E-state index contributed by atoms with van der Waals surface area (Å²) in [5.41, 5.74) is 2.88. The van der Waals surface area contributed by atoms with E-state index in [1.54, 1.807) is 0 Å². The van der Waals surface area contributed by atoms with Gasteiger partial charge in [-0.25, -0.2) is 0 Å². The molecule has 1 aliphatic rings. The first-order valence-corrected chi connectivity index (χ1v) is 4.57. The van der Waals surface area contributed by atoms with Gasteiger partial charge in [0.2, 0.25) is 5.78 Å². The number of hydrogen-bond acceptors (Lipinski definition) is 4. The second-order valence-corrected chi connectivity index (χ2v) is 3.36. The van der Waals surface area contributed by atoms with Crippen LogP contribution in [0, 0.1) is 0 Å². The van der Waals surface area contributed by atoms with E-state index in [0.717, 1.165) is 28.5 Å². The number of benzene rings is 1. The highest BCUT2D eigenvalue weighted by atomic mass is 32.1. The van der Waals surface area contributed by atoms with Crippen molar-refractivity contribution in [2.45, 2.75) is 0 Å². The van der Waals surface area contributed by atoms with E-state index in [4.69, 9.17) is 0 Å². The summed E-state index contributed by atoms with van der Waals surface area (Å²) >= 11 is 1.09. The molecule has 3 nitrogen and oxygen atoms in total. The van der Waals surface area contributed by atoms with Gasteiger partial charge in [-0.05, 0) is 0 Å². The molecule has 62 valence electrons. The standard InChI is InChI=1S/C9H4N2OS/c12-9-6-4-2-1-3-5(6)7-8(9)11-13-10-7/h1-4H. The second kappa shape index (κ2) is 2.23. The van der Waals surface area contributed by atoms with Crippen LogP contribution >= 0.6 is 11.7 Å². The first kappa shape index (κ1) is 6.91. The molecule has 2 aromatic rings. The van der Waals surface area contributed by atoms with Gasteiger partial charge in [-0.15, -0.1) is 0 Å². The molecule has 0 radical (unpaired) electrons. The van der Waals surface area contributed by atoms with Gasteiger partial charge in [0.05, 0.1) is 11.7 Å². The Kier molecular flexibility index (Phi) is 1.19. The number of fused-ring (bicyclic) bond motifs is 3.